The summed E-state index contributed by atoms with van der Waals surface area (Å²) >= 11 is 3.03. The number of benzene rings is 1. The molecule has 0 spiro atoms. The summed E-state index contributed by atoms with van der Waals surface area (Å²) in [5.41, 5.74) is 9.13. The van der Waals surface area contributed by atoms with Gasteiger partial charge < -0.3 is 20.1 Å². The number of hydrogen-bond acceptors (Lipinski definition) is 6. The van der Waals surface area contributed by atoms with Crippen LogP contribution in [0.3, 0.4) is 0 Å². The fourth-order valence-corrected chi connectivity index (χ4v) is 6.51. The highest BCUT2D eigenvalue weighted by molar-refractivity contribution is 7.16. The van der Waals surface area contributed by atoms with Crippen LogP contribution in [0, 0.1) is 19.8 Å². The Bertz CT molecular complexity index is 1370. The summed E-state index contributed by atoms with van der Waals surface area (Å²) in [5.74, 6) is -0.143. The zero-order chi connectivity index (χ0) is 24.0. The van der Waals surface area contributed by atoms with Gasteiger partial charge in [0.15, 0.2) is 0 Å². The second-order valence-electron chi connectivity index (χ2n) is 8.83. The lowest BCUT2D eigenvalue weighted by molar-refractivity contribution is 0.0691. The van der Waals surface area contributed by atoms with Crippen molar-refractivity contribution in [3.63, 3.8) is 0 Å². The van der Waals surface area contributed by atoms with Crippen molar-refractivity contribution in [1.29, 1.82) is 0 Å². The maximum absolute atomic E-state index is 13.2. The Morgan fingerprint density at radius 2 is 2.03 bits per heavy atom. The smallest absolute Gasteiger partial charge is 0.338 e. The summed E-state index contributed by atoms with van der Waals surface area (Å²) in [6.07, 6.45) is 5.77. The number of nitrogens with two attached hydrogens (primary N) is 1. The van der Waals surface area contributed by atoms with Gasteiger partial charge in [-0.25, -0.2) is 9.78 Å². The number of amides is 1. The molecule has 1 aromatic carbocycles. The summed E-state index contributed by atoms with van der Waals surface area (Å²) in [5, 5.41) is 11.5. The molecule has 7 nitrogen and oxygen atoms in total. The van der Waals surface area contributed by atoms with Gasteiger partial charge in [0.2, 0.25) is 0 Å². The Balaban J connectivity index is 0.000000183. The Kier molecular flexibility index (Phi) is 6.01. The second-order valence-corrected chi connectivity index (χ2v) is 10.9. The van der Waals surface area contributed by atoms with Crippen molar-refractivity contribution in [1.82, 2.24) is 14.3 Å². The number of aryl methyl sites for hydroxylation is 2. The van der Waals surface area contributed by atoms with Gasteiger partial charge in [-0.3, -0.25) is 4.79 Å². The number of aromatic nitrogens is 2. The maximum Gasteiger partial charge on any atom is 0.338 e. The van der Waals surface area contributed by atoms with Gasteiger partial charge in [-0.05, 0) is 44.2 Å². The van der Waals surface area contributed by atoms with Crippen molar-refractivity contribution in [3.05, 3.63) is 69.9 Å². The molecule has 1 saturated carbocycles. The number of carboxylic acids is 1. The molecule has 4 heterocycles. The van der Waals surface area contributed by atoms with Crippen LogP contribution < -0.4 is 5.73 Å². The first kappa shape index (κ1) is 22.8. The average Bonchev–Trinajstić information content (AvgIpc) is 3.22. The number of thiazole rings is 2. The van der Waals surface area contributed by atoms with Crippen LogP contribution in [0.5, 0.6) is 0 Å². The number of nitrogens with zero attached hydrogens (tertiary/aromatic N) is 3. The van der Waals surface area contributed by atoms with E-state index in [2.05, 4.69) is 30.1 Å². The van der Waals surface area contributed by atoms with Crippen molar-refractivity contribution in [3.8, 4) is 10.4 Å². The number of aromatic carboxylic acids is 1. The van der Waals surface area contributed by atoms with E-state index in [0.29, 0.717) is 29.8 Å². The number of likely N-dealkylation sites (tertiary alicyclic amines) is 1. The zero-order valence-corrected chi connectivity index (χ0v) is 20.6. The molecule has 3 aromatic heterocycles. The predicted octanol–water partition coefficient (Wildman–Crippen LogP) is 4.69. The van der Waals surface area contributed by atoms with Crippen molar-refractivity contribution in [2.75, 3.05) is 6.54 Å². The first-order valence-corrected chi connectivity index (χ1v) is 12.9. The molecule has 0 radical (unpaired) electrons. The summed E-state index contributed by atoms with van der Waals surface area (Å²) in [6.45, 7) is 4.57. The fourth-order valence-electron chi connectivity index (χ4n) is 4.76. The molecule has 176 valence electrons. The first-order chi connectivity index (χ1) is 16.4. The highest BCUT2D eigenvalue weighted by Crippen LogP contribution is 2.48. The lowest BCUT2D eigenvalue weighted by Crippen LogP contribution is -2.42. The third-order valence-corrected chi connectivity index (χ3v) is 8.36. The van der Waals surface area contributed by atoms with Gasteiger partial charge in [-0.15, -0.1) is 22.7 Å². The molecular formula is C25H26N4O3S2. The minimum absolute atomic E-state index is 0.0614. The van der Waals surface area contributed by atoms with Crippen LogP contribution in [0.2, 0.25) is 0 Å². The van der Waals surface area contributed by atoms with Gasteiger partial charge in [0.25, 0.3) is 5.91 Å². The Labute approximate surface area is 205 Å². The van der Waals surface area contributed by atoms with Gasteiger partial charge in [-0.2, -0.15) is 0 Å². The first-order valence-electron chi connectivity index (χ1n) is 11.2. The molecular weight excluding hydrogens is 468 g/mol. The van der Waals surface area contributed by atoms with Crippen LogP contribution >= 0.6 is 22.7 Å². The third kappa shape index (κ3) is 4.15. The molecule has 3 atom stereocenters. The van der Waals surface area contributed by atoms with Crippen LogP contribution in [0.15, 0.2) is 48.1 Å². The van der Waals surface area contributed by atoms with E-state index in [9.17, 15) is 9.59 Å². The van der Waals surface area contributed by atoms with Crippen molar-refractivity contribution in [2.24, 2.45) is 11.7 Å². The SMILES string of the molecule is Cc1cccc(-c2sc(C)nc2C(=O)N2[C@H](CN)C[C@@H]3C[C@@H]32)c1.O=C(O)c1ccn2ccsc12. The van der Waals surface area contributed by atoms with E-state index in [4.69, 9.17) is 10.8 Å². The van der Waals surface area contributed by atoms with Gasteiger partial charge in [-0.1, -0.05) is 29.8 Å². The molecule has 1 aliphatic carbocycles. The molecule has 2 aliphatic rings. The number of hydrogen-bond donors (Lipinski definition) is 2. The predicted molar refractivity (Wildman–Crippen MR) is 135 cm³/mol. The van der Waals surface area contributed by atoms with Gasteiger partial charge in [0.05, 0.1) is 15.4 Å². The number of piperidine rings is 1. The van der Waals surface area contributed by atoms with E-state index in [1.165, 1.54) is 16.9 Å². The van der Waals surface area contributed by atoms with Crippen LogP contribution in [-0.2, 0) is 0 Å². The largest absolute Gasteiger partial charge is 0.478 e. The van der Waals surface area contributed by atoms with E-state index >= 15 is 0 Å². The number of carbonyl (C=O) groups excluding carboxylic acids is 1. The average molecular weight is 495 g/mol. The topological polar surface area (TPSA) is 101 Å². The third-order valence-electron chi connectivity index (χ3n) is 6.43. The summed E-state index contributed by atoms with van der Waals surface area (Å²) in [6, 6.07) is 10.5. The quantitative estimate of drug-likeness (QED) is 0.429. The van der Waals surface area contributed by atoms with E-state index < -0.39 is 5.97 Å². The van der Waals surface area contributed by atoms with E-state index in [0.717, 1.165) is 33.1 Å². The van der Waals surface area contributed by atoms with Gasteiger partial charge >= 0.3 is 5.97 Å². The van der Waals surface area contributed by atoms with Crippen LogP contribution in [0.25, 0.3) is 15.3 Å². The molecule has 34 heavy (non-hydrogen) atoms. The van der Waals surface area contributed by atoms with Crippen molar-refractivity contribution >= 4 is 39.4 Å². The van der Waals surface area contributed by atoms with E-state index in [-0.39, 0.29) is 11.9 Å². The monoisotopic (exact) mass is 494 g/mol. The minimum atomic E-state index is -0.866. The normalized spacial score (nSPS) is 20.7. The van der Waals surface area contributed by atoms with Crippen LogP contribution in [0.1, 0.15) is 44.3 Å². The van der Waals surface area contributed by atoms with Gasteiger partial charge in [0.1, 0.15) is 10.5 Å². The summed E-state index contributed by atoms with van der Waals surface area (Å²) in [7, 11) is 0. The highest BCUT2D eigenvalue weighted by Gasteiger charge is 2.54. The Hall–Kier alpha value is -3.01. The van der Waals surface area contributed by atoms with Crippen LogP contribution in [-0.4, -0.2) is 49.9 Å². The Morgan fingerprint density at radius 3 is 2.76 bits per heavy atom. The zero-order valence-electron chi connectivity index (χ0n) is 19.0. The molecule has 0 bridgehead atoms. The molecule has 1 saturated heterocycles. The minimum Gasteiger partial charge on any atom is -0.478 e. The summed E-state index contributed by atoms with van der Waals surface area (Å²) < 4.78 is 1.80. The summed E-state index contributed by atoms with van der Waals surface area (Å²) in [4.78, 5) is 32.1. The molecule has 1 aliphatic heterocycles. The fraction of sp³-hybridized carbons (Fsp3) is 0.320. The molecule has 0 unspecified atom stereocenters. The lowest BCUT2D eigenvalue weighted by atomic mass is 10.1. The van der Waals surface area contributed by atoms with Gasteiger partial charge in [0, 0.05) is 36.4 Å². The molecule has 3 N–H and O–H groups in total. The highest BCUT2D eigenvalue weighted by atomic mass is 32.1. The molecule has 6 rings (SSSR count). The number of carbonyl (C=O) groups is 2. The standard InChI is InChI=1S/C18H21N3OS.C7H5NO2S/c1-10-4-3-5-12(6-10)17-16(20-11(2)23-17)18(22)21-14(9-19)7-13-8-15(13)21;9-7(10)5-1-2-8-3-4-11-6(5)8/h3-6,13-15H,7-9,19H2,1-2H3;1-4H,(H,9,10)/t13-,14+,15+;/m1./s1. The lowest BCUT2D eigenvalue weighted by Gasteiger charge is -2.26. The number of carboxylic acid groups (broad SMARTS) is 1. The second kappa shape index (κ2) is 8.98. The Morgan fingerprint density at radius 1 is 1.21 bits per heavy atom. The molecule has 1 amide bonds. The van der Waals surface area contributed by atoms with E-state index in [1.54, 1.807) is 28.0 Å². The molecule has 4 aromatic rings. The number of fused-ring (bicyclic) bond motifs is 2. The molecule has 9 heteroatoms. The van der Waals surface area contributed by atoms with Crippen molar-refractivity contribution in [2.45, 2.75) is 38.8 Å². The van der Waals surface area contributed by atoms with Crippen molar-refractivity contribution < 1.29 is 14.7 Å². The van der Waals surface area contributed by atoms with E-state index in [1.807, 2.05) is 29.5 Å². The molecule has 2 fully saturated rings. The van der Waals surface area contributed by atoms with Crippen LogP contribution in [0.4, 0.5) is 0 Å². The maximum atomic E-state index is 13.2. The number of rotatable bonds is 4.